The van der Waals surface area contributed by atoms with Gasteiger partial charge >= 0.3 is 0 Å². The first-order valence-corrected chi connectivity index (χ1v) is 12.8. The summed E-state index contributed by atoms with van der Waals surface area (Å²) in [6.07, 6.45) is 0. The molecule has 2 heterocycles. The van der Waals surface area contributed by atoms with E-state index in [9.17, 15) is 9.59 Å². The number of hydrazone groups is 2. The largest absolute Gasteiger partial charge is 0.271 e. The molecule has 2 amide bonds. The lowest BCUT2D eigenvalue weighted by atomic mass is 9.85. The Hall–Kier alpha value is -3.48. The van der Waals surface area contributed by atoms with Gasteiger partial charge in [0, 0.05) is 16.0 Å². The Labute approximate surface area is 225 Å². The third-order valence-corrected chi connectivity index (χ3v) is 8.50. The van der Waals surface area contributed by atoms with Crippen LogP contribution in [0.3, 0.4) is 0 Å². The van der Waals surface area contributed by atoms with Crippen LogP contribution in [0.25, 0.3) is 0 Å². The molecule has 186 valence electrons. The summed E-state index contributed by atoms with van der Waals surface area (Å²) in [5.41, 5.74) is 2.72. The van der Waals surface area contributed by atoms with Crippen LogP contribution in [-0.4, -0.2) is 23.2 Å². The minimum absolute atomic E-state index is 0.265. The second-order valence-corrected chi connectivity index (χ2v) is 10.8. The Morgan fingerprint density at radius 1 is 0.676 bits per heavy atom. The monoisotopic (exact) mass is 530 g/mol. The maximum absolute atomic E-state index is 14.4. The number of halogens is 2. The van der Waals surface area contributed by atoms with Gasteiger partial charge in [-0.15, -0.1) is 0 Å². The standard InChI is InChI=1S/C29H24Cl2N4O2/c1-16-5-10-21(11-6-16)34-26(36)28(18(3)32-34)25(23-14-9-20(30)15-24(23)31)29(28)19(4)33-35(27(29)37)22-12-7-17(2)8-13-22/h5-15,25H,1-4H3/t28-,29-/m0/s1. The Kier molecular flexibility index (Phi) is 5.17. The van der Waals surface area contributed by atoms with Crippen LogP contribution in [0.4, 0.5) is 11.4 Å². The van der Waals surface area contributed by atoms with E-state index in [0.29, 0.717) is 38.4 Å². The number of benzene rings is 3. The number of anilines is 2. The number of amides is 2. The van der Waals surface area contributed by atoms with Crippen LogP contribution >= 0.6 is 23.2 Å². The SMILES string of the molecule is CC1=NN(c2ccc(C)cc2)C(=O)[C@@]12C(c1ccc(Cl)cc1Cl)[C@@]21C(=O)N(c2ccc(C)cc2)N=C1C. The zero-order chi connectivity index (χ0) is 26.3. The van der Waals surface area contributed by atoms with Gasteiger partial charge in [0.25, 0.3) is 11.8 Å². The van der Waals surface area contributed by atoms with Gasteiger partial charge in [0.2, 0.25) is 0 Å². The van der Waals surface area contributed by atoms with Gasteiger partial charge in [0.05, 0.1) is 22.8 Å². The van der Waals surface area contributed by atoms with Crippen LogP contribution in [0.15, 0.2) is 76.9 Å². The highest BCUT2D eigenvalue weighted by molar-refractivity contribution is 6.39. The third-order valence-electron chi connectivity index (χ3n) is 7.94. The van der Waals surface area contributed by atoms with Crippen molar-refractivity contribution < 1.29 is 9.59 Å². The molecule has 3 aliphatic rings. The molecular formula is C29H24Cl2N4O2. The molecule has 2 atom stereocenters. The van der Waals surface area contributed by atoms with Gasteiger partial charge in [0.1, 0.15) is 10.8 Å². The molecule has 0 unspecified atom stereocenters. The molecule has 0 bridgehead atoms. The topological polar surface area (TPSA) is 65.3 Å². The molecule has 3 aromatic rings. The lowest BCUT2D eigenvalue weighted by molar-refractivity contribution is -0.126. The minimum atomic E-state index is -1.25. The summed E-state index contributed by atoms with van der Waals surface area (Å²) in [4.78, 5) is 28.8. The first kappa shape index (κ1) is 23.9. The van der Waals surface area contributed by atoms with E-state index in [1.54, 1.807) is 18.2 Å². The number of rotatable bonds is 3. The summed E-state index contributed by atoms with van der Waals surface area (Å²) in [5, 5.41) is 13.1. The summed E-state index contributed by atoms with van der Waals surface area (Å²) < 4.78 is 0. The van der Waals surface area contributed by atoms with Crippen molar-refractivity contribution in [1.29, 1.82) is 0 Å². The number of nitrogens with zero attached hydrogens (tertiary/aromatic N) is 4. The molecule has 3 aromatic carbocycles. The molecule has 8 heteroatoms. The van der Waals surface area contributed by atoms with E-state index >= 15 is 0 Å². The maximum atomic E-state index is 14.4. The fourth-order valence-electron chi connectivity index (χ4n) is 6.16. The first-order valence-electron chi connectivity index (χ1n) is 12.0. The van der Waals surface area contributed by atoms with Crippen LogP contribution in [-0.2, 0) is 9.59 Å². The minimum Gasteiger partial charge on any atom is -0.271 e. The van der Waals surface area contributed by atoms with Gasteiger partial charge in [-0.05, 0) is 69.7 Å². The lowest BCUT2D eigenvalue weighted by Gasteiger charge is -2.19. The second-order valence-electron chi connectivity index (χ2n) is 9.99. The highest BCUT2D eigenvalue weighted by atomic mass is 35.5. The smallest absolute Gasteiger partial charge is 0.261 e. The molecule has 6 nitrogen and oxygen atoms in total. The van der Waals surface area contributed by atoms with Gasteiger partial charge in [-0.1, -0.05) is 64.7 Å². The molecule has 1 aliphatic carbocycles. The van der Waals surface area contributed by atoms with Crippen LogP contribution in [0.2, 0.25) is 10.0 Å². The van der Waals surface area contributed by atoms with Crippen LogP contribution in [0.1, 0.15) is 36.5 Å². The molecule has 1 fully saturated rings. The molecule has 0 saturated heterocycles. The van der Waals surface area contributed by atoms with E-state index < -0.39 is 16.7 Å². The van der Waals surface area contributed by atoms with Crippen molar-refractivity contribution in [2.75, 3.05) is 10.0 Å². The van der Waals surface area contributed by atoms with Gasteiger partial charge in [-0.2, -0.15) is 20.2 Å². The van der Waals surface area contributed by atoms with Crippen molar-refractivity contribution in [3.05, 3.63) is 93.5 Å². The average Bonchev–Trinajstić information content (AvgIpc) is 3.33. The molecule has 37 heavy (non-hydrogen) atoms. The second kappa shape index (κ2) is 8.01. The molecule has 6 rings (SSSR count). The van der Waals surface area contributed by atoms with E-state index in [0.717, 1.165) is 11.1 Å². The molecule has 1 saturated carbocycles. The maximum Gasteiger partial charge on any atom is 0.261 e. The van der Waals surface area contributed by atoms with Crippen molar-refractivity contribution in [3.63, 3.8) is 0 Å². The van der Waals surface area contributed by atoms with Gasteiger partial charge in [-0.3, -0.25) is 9.59 Å². The van der Waals surface area contributed by atoms with Gasteiger partial charge in [-0.25, -0.2) is 0 Å². The summed E-state index contributed by atoms with van der Waals surface area (Å²) in [5.74, 6) is -1.11. The molecule has 0 N–H and O–H groups in total. The molecule has 2 spiro atoms. The number of carbonyl (C=O) groups excluding carboxylic acids is 2. The summed E-state index contributed by atoms with van der Waals surface area (Å²) in [6.45, 7) is 7.59. The fraction of sp³-hybridized carbons (Fsp3) is 0.241. The number of fused-ring (bicyclic) bond motifs is 1. The Morgan fingerprint density at radius 2 is 1.11 bits per heavy atom. The fourth-order valence-corrected chi connectivity index (χ4v) is 6.68. The third kappa shape index (κ3) is 3.00. The van der Waals surface area contributed by atoms with Crippen molar-refractivity contribution >= 4 is 57.8 Å². The van der Waals surface area contributed by atoms with Crippen LogP contribution < -0.4 is 10.0 Å². The van der Waals surface area contributed by atoms with Crippen LogP contribution in [0.5, 0.6) is 0 Å². The van der Waals surface area contributed by atoms with Crippen molar-refractivity contribution in [2.24, 2.45) is 21.0 Å². The van der Waals surface area contributed by atoms with E-state index in [1.165, 1.54) is 10.0 Å². The summed E-state index contributed by atoms with van der Waals surface area (Å²) >= 11 is 12.9. The number of aryl methyl sites for hydroxylation is 2. The number of hydrogen-bond donors (Lipinski definition) is 0. The molecular weight excluding hydrogens is 507 g/mol. The van der Waals surface area contributed by atoms with E-state index in [2.05, 4.69) is 0 Å². The first-order chi connectivity index (χ1) is 17.6. The number of hydrogen-bond acceptors (Lipinski definition) is 4. The van der Waals surface area contributed by atoms with Crippen molar-refractivity contribution in [3.8, 4) is 0 Å². The summed E-state index contributed by atoms with van der Waals surface area (Å²) in [6, 6.07) is 20.3. The molecule has 0 aromatic heterocycles. The van der Waals surface area contributed by atoms with E-state index in [-0.39, 0.29) is 11.8 Å². The van der Waals surface area contributed by atoms with E-state index in [1.807, 2.05) is 76.2 Å². The Bertz CT molecular complexity index is 1460. The zero-order valence-corrected chi connectivity index (χ0v) is 22.3. The van der Waals surface area contributed by atoms with Gasteiger partial charge < -0.3 is 0 Å². The van der Waals surface area contributed by atoms with Crippen molar-refractivity contribution in [2.45, 2.75) is 33.6 Å². The zero-order valence-electron chi connectivity index (χ0n) is 20.8. The van der Waals surface area contributed by atoms with Crippen LogP contribution in [0, 0.1) is 24.7 Å². The van der Waals surface area contributed by atoms with Crippen molar-refractivity contribution in [1.82, 2.24) is 0 Å². The normalized spacial score (nSPS) is 26.4. The Morgan fingerprint density at radius 3 is 1.51 bits per heavy atom. The lowest BCUT2D eigenvalue weighted by Crippen LogP contribution is -2.40. The number of carbonyl (C=O) groups is 2. The molecule has 0 radical (unpaired) electrons. The average molecular weight is 531 g/mol. The Balaban J connectivity index is 1.53. The predicted octanol–water partition coefficient (Wildman–Crippen LogP) is 6.53. The quantitative estimate of drug-likeness (QED) is 0.386. The summed E-state index contributed by atoms with van der Waals surface area (Å²) in [7, 11) is 0. The van der Waals surface area contributed by atoms with E-state index in [4.69, 9.17) is 33.4 Å². The van der Waals surface area contributed by atoms with Gasteiger partial charge in [0.15, 0.2) is 0 Å². The predicted molar refractivity (Wildman–Crippen MR) is 148 cm³/mol. The highest BCUT2D eigenvalue weighted by Crippen LogP contribution is 2.79. The highest BCUT2D eigenvalue weighted by Gasteiger charge is 2.91. The molecule has 2 aliphatic heterocycles.